The molecular weight excluding hydrogens is 598 g/mol. The third-order valence-electron chi connectivity index (χ3n) is 9.36. The maximum absolute atomic E-state index is 12.8. The lowest BCUT2D eigenvalue weighted by molar-refractivity contribution is -0.302. The van der Waals surface area contributed by atoms with E-state index in [1.54, 1.807) is 6.08 Å². The van der Waals surface area contributed by atoms with Crippen molar-refractivity contribution in [1.29, 1.82) is 0 Å². The van der Waals surface area contributed by atoms with Crippen LogP contribution in [0.4, 0.5) is 0 Å². The van der Waals surface area contributed by atoms with Gasteiger partial charge in [0.1, 0.15) is 24.4 Å². The first kappa shape index (κ1) is 44.0. The van der Waals surface area contributed by atoms with Gasteiger partial charge >= 0.3 is 0 Å². The Morgan fingerprint density at radius 1 is 0.702 bits per heavy atom. The van der Waals surface area contributed by atoms with Crippen LogP contribution < -0.4 is 5.32 Å². The smallest absolute Gasteiger partial charge is 0.220 e. The van der Waals surface area contributed by atoms with E-state index >= 15 is 0 Å². The minimum absolute atomic E-state index is 0.179. The second kappa shape index (κ2) is 29.8. The van der Waals surface area contributed by atoms with E-state index in [0.29, 0.717) is 6.42 Å². The molecule has 9 heteroatoms. The number of carbonyl (C=O) groups excluding carboxylic acids is 1. The van der Waals surface area contributed by atoms with Crippen LogP contribution >= 0.6 is 0 Å². The summed E-state index contributed by atoms with van der Waals surface area (Å²) in [6, 6.07) is -0.795. The standard InChI is InChI=1S/C38H73NO8/c1-3-5-7-9-11-13-15-16-18-20-22-24-26-28-34(42)39-31(30-46-38-37(45)36(44)35(43)33(29-40)47-38)32(41)27-25-23-21-19-17-14-12-10-8-6-4-2/h25,27,31-33,35-38,40-41,43-45H,3-24,26,28-30H2,1-2H3,(H,39,42)/b27-25+/t31-,32+,33+,35+,36?,37?,38+/m0/s1. The van der Waals surface area contributed by atoms with E-state index in [9.17, 15) is 30.3 Å². The summed E-state index contributed by atoms with van der Waals surface area (Å²) in [5, 5.41) is 53.8. The summed E-state index contributed by atoms with van der Waals surface area (Å²) in [7, 11) is 0. The molecule has 7 atom stereocenters. The molecule has 9 nitrogen and oxygen atoms in total. The Bertz CT molecular complexity index is 751. The van der Waals surface area contributed by atoms with Crippen molar-refractivity contribution in [3.8, 4) is 0 Å². The normalized spacial score (nSPS) is 22.9. The first-order chi connectivity index (χ1) is 22.8. The first-order valence-corrected chi connectivity index (χ1v) is 19.4. The number of hydrogen-bond donors (Lipinski definition) is 6. The van der Waals surface area contributed by atoms with Gasteiger partial charge < -0.3 is 40.3 Å². The van der Waals surface area contributed by atoms with Crippen LogP contribution in [-0.2, 0) is 14.3 Å². The van der Waals surface area contributed by atoms with Crippen molar-refractivity contribution in [3.05, 3.63) is 12.2 Å². The molecule has 47 heavy (non-hydrogen) atoms. The predicted octanol–water partition coefficient (Wildman–Crippen LogP) is 6.61. The van der Waals surface area contributed by atoms with Crippen LogP contribution in [-0.4, -0.2) is 87.5 Å². The lowest BCUT2D eigenvalue weighted by atomic mass is 9.99. The van der Waals surface area contributed by atoms with Crippen molar-refractivity contribution in [2.75, 3.05) is 13.2 Å². The highest BCUT2D eigenvalue weighted by Crippen LogP contribution is 2.22. The summed E-state index contributed by atoms with van der Waals surface area (Å²) < 4.78 is 11.1. The molecule has 0 radical (unpaired) electrons. The van der Waals surface area contributed by atoms with Crippen LogP contribution in [0.5, 0.6) is 0 Å². The van der Waals surface area contributed by atoms with E-state index in [-0.39, 0.29) is 12.5 Å². The Hall–Kier alpha value is -1.07. The highest BCUT2D eigenvalue weighted by atomic mass is 16.7. The number of carbonyl (C=O) groups is 1. The van der Waals surface area contributed by atoms with Crippen molar-refractivity contribution < 1.29 is 39.8 Å². The molecule has 0 bridgehead atoms. The number of nitrogens with one attached hydrogen (secondary N) is 1. The predicted molar refractivity (Wildman–Crippen MR) is 189 cm³/mol. The maximum Gasteiger partial charge on any atom is 0.220 e. The highest BCUT2D eigenvalue weighted by Gasteiger charge is 2.44. The molecular formula is C38H73NO8. The zero-order valence-corrected chi connectivity index (χ0v) is 30.0. The molecule has 1 amide bonds. The lowest BCUT2D eigenvalue weighted by Gasteiger charge is -2.40. The Morgan fingerprint density at radius 2 is 1.17 bits per heavy atom. The lowest BCUT2D eigenvalue weighted by Crippen LogP contribution is -2.60. The molecule has 0 spiro atoms. The van der Waals surface area contributed by atoms with Gasteiger partial charge in [-0.3, -0.25) is 4.79 Å². The van der Waals surface area contributed by atoms with Gasteiger partial charge in [-0.15, -0.1) is 0 Å². The Kier molecular flexibility index (Phi) is 27.9. The van der Waals surface area contributed by atoms with Crippen molar-refractivity contribution in [3.63, 3.8) is 0 Å². The van der Waals surface area contributed by atoms with Crippen molar-refractivity contribution in [1.82, 2.24) is 5.32 Å². The fourth-order valence-corrected chi connectivity index (χ4v) is 6.15. The topological polar surface area (TPSA) is 149 Å². The van der Waals surface area contributed by atoms with Gasteiger partial charge in [0.25, 0.3) is 0 Å². The number of aliphatic hydroxyl groups excluding tert-OH is 5. The van der Waals surface area contributed by atoms with Gasteiger partial charge in [0.05, 0.1) is 25.4 Å². The number of hydrogen-bond acceptors (Lipinski definition) is 8. The minimum atomic E-state index is -1.56. The number of rotatable bonds is 31. The summed E-state index contributed by atoms with van der Waals surface area (Å²) in [6.07, 6.45) is 23.9. The molecule has 278 valence electrons. The van der Waals surface area contributed by atoms with Gasteiger partial charge in [0.15, 0.2) is 6.29 Å². The molecule has 6 N–H and O–H groups in total. The van der Waals surface area contributed by atoms with Gasteiger partial charge in [-0.2, -0.15) is 0 Å². The van der Waals surface area contributed by atoms with Gasteiger partial charge in [-0.05, 0) is 19.3 Å². The molecule has 1 aliphatic heterocycles. The van der Waals surface area contributed by atoms with E-state index in [1.165, 1.54) is 109 Å². The van der Waals surface area contributed by atoms with E-state index in [2.05, 4.69) is 19.2 Å². The summed E-state index contributed by atoms with van der Waals surface area (Å²) >= 11 is 0. The highest BCUT2D eigenvalue weighted by molar-refractivity contribution is 5.76. The van der Waals surface area contributed by atoms with Crippen LogP contribution in [0.1, 0.15) is 168 Å². The van der Waals surface area contributed by atoms with E-state index in [1.807, 2.05) is 6.08 Å². The molecule has 1 saturated heterocycles. The number of aliphatic hydroxyl groups is 5. The number of ether oxygens (including phenoxy) is 2. The number of allylic oxidation sites excluding steroid dienone is 1. The van der Waals surface area contributed by atoms with Crippen LogP contribution in [0.25, 0.3) is 0 Å². The van der Waals surface area contributed by atoms with Crippen LogP contribution in [0, 0.1) is 0 Å². The monoisotopic (exact) mass is 672 g/mol. The molecule has 1 aliphatic rings. The molecule has 1 rings (SSSR count). The van der Waals surface area contributed by atoms with Crippen LogP contribution in [0.3, 0.4) is 0 Å². The zero-order chi connectivity index (χ0) is 34.5. The summed E-state index contributed by atoms with van der Waals surface area (Å²) in [6.45, 7) is 3.73. The molecule has 0 aromatic rings. The summed E-state index contributed by atoms with van der Waals surface area (Å²) in [4.78, 5) is 12.8. The molecule has 1 heterocycles. The third-order valence-corrected chi connectivity index (χ3v) is 9.36. The van der Waals surface area contributed by atoms with Crippen LogP contribution in [0.2, 0.25) is 0 Å². The van der Waals surface area contributed by atoms with E-state index < -0.39 is 49.5 Å². The average Bonchev–Trinajstić information content (AvgIpc) is 3.07. The number of unbranched alkanes of at least 4 members (excludes halogenated alkanes) is 21. The largest absolute Gasteiger partial charge is 0.394 e. The Balaban J connectivity index is 2.45. The quantitative estimate of drug-likeness (QED) is 0.0357. The van der Waals surface area contributed by atoms with Gasteiger partial charge in [-0.1, -0.05) is 154 Å². The molecule has 2 unspecified atom stereocenters. The molecule has 0 aliphatic carbocycles. The Morgan fingerprint density at radius 3 is 1.66 bits per heavy atom. The van der Waals surface area contributed by atoms with Crippen molar-refractivity contribution in [2.45, 2.75) is 211 Å². The number of amides is 1. The van der Waals surface area contributed by atoms with Gasteiger partial charge in [0.2, 0.25) is 5.91 Å². The molecule has 0 aromatic heterocycles. The van der Waals surface area contributed by atoms with Crippen molar-refractivity contribution in [2.24, 2.45) is 0 Å². The van der Waals surface area contributed by atoms with Crippen LogP contribution in [0.15, 0.2) is 12.2 Å². The van der Waals surface area contributed by atoms with E-state index in [0.717, 1.165) is 38.5 Å². The van der Waals surface area contributed by atoms with Gasteiger partial charge in [0, 0.05) is 6.42 Å². The van der Waals surface area contributed by atoms with Gasteiger partial charge in [-0.25, -0.2) is 0 Å². The van der Waals surface area contributed by atoms with Crippen molar-refractivity contribution >= 4 is 5.91 Å². The first-order valence-electron chi connectivity index (χ1n) is 19.4. The van der Waals surface area contributed by atoms with E-state index in [4.69, 9.17) is 9.47 Å². The molecule has 1 fully saturated rings. The fourth-order valence-electron chi connectivity index (χ4n) is 6.15. The molecule has 0 saturated carbocycles. The zero-order valence-electron chi connectivity index (χ0n) is 30.0. The maximum atomic E-state index is 12.8. The summed E-state index contributed by atoms with van der Waals surface area (Å²) in [5.41, 5.74) is 0. The Labute approximate surface area is 286 Å². The third kappa shape index (κ3) is 21.6. The second-order valence-corrected chi connectivity index (χ2v) is 13.7. The molecule has 0 aromatic carbocycles. The average molecular weight is 672 g/mol. The fraction of sp³-hybridized carbons (Fsp3) is 0.921. The summed E-state index contributed by atoms with van der Waals surface area (Å²) in [5.74, 6) is -0.179. The second-order valence-electron chi connectivity index (χ2n) is 13.7. The minimum Gasteiger partial charge on any atom is -0.394 e. The SMILES string of the molecule is CCCCCCCCCCC/C=C/[C@@H](O)[C@H](CO[C@@H]1O[C@H](CO)[C@@H](O)C(O)C1O)NC(=O)CCCCCCCCCCCCCCC.